The number of unbranched alkanes of at least 4 members (excludes halogenated alkanes) is 1. The molecule has 0 saturated carbocycles. The number of nitro benzene ring substituents is 1. The van der Waals surface area contributed by atoms with Crippen LogP contribution in [-0.4, -0.2) is 22.5 Å². The van der Waals surface area contributed by atoms with Gasteiger partial charge in [0.15, 0.2) is 0 Å². The minimum atomic E-state index is -1.56. The summed E-state index contributed by atoms with van der Waals surface area (Å²) >= 11 is 0. The van der Waals surface area contributed by atoms with Crippen molar-refractivity contribution in [2.75, 3.05) is 11.9 Å². The average Bonchev–Trinajstić information content (AvgIpc) is 2.33. The van der Waals surface area contributed by atoms with E-state index in [4.69, 9.17) is 11.5 Å². The molecule has 100 valence electrons. The summed E-state index contributed by atoms with van der Waals surface area (Å²) in [6.07, 6.45) is 6.10. The molecule has 0 aliphatic rings. The number of anilines is 1. The standard InChI is InChI=1S/C12H11FN2O4/c1-2-3-4-5-14-10-7-9(13)8(12(16)17)6-11(10)15(18)19/h1,6-7,14H,3-5H2,(H,16,17). The van der Waals surface area contributed by atoms with Gasteiger partial charge in [0, 0.05) is 25.1 Å². The Morgan fingerprint density at radius 3 is 2.79 bits per heavy atom. The zero-order chi connectivity index (χ0) is 14.4. The van der Waals surface area contributed by atoms with Crippen molar-refractivity contribution >= 4 is 17.3 Å². The van der Waals surface area contributed by atoms with Crippen LogP contribution in [0.1, 0.15) is 23.2 Å². The molecule has 0 aliphatic heterocycles. The van der Waals surface area contributed by atoms with Crippen molar-refractivity contribution in [1.29, 1.82) is 0 Å². The van der Waals surface area contributed by atoms with Crippen LogP contribution < -0.4 is 5.32 Å². The highest BCUT2D eigenvalue weighted by molar-refractivity contribution is 5.90. The molecule has 6 nitrogen and oxygen atoms in total. The number of halogens is 1. The van der Waals surface area contributed by atoms with Crippen molar-refractivity contribution in [3.8, 4) is 12.3 Å². The van der Waals surface area contributed by atoms with Crippen LogP contribution in [0.2, 0.25) is 0 Å². The van der Waals surface area contributed by atoms with E-state index in [0.717, 1.165) is 6.07 Å². The van der Waals surface area contributed by atoms with Crippen LogP contribution in [0.5, 0.6) is 0 Å². The molecule has 0 unspecified atom stereocenters. The summed E-state index contributed by atoms with van der Waals surface area (Å²) in [7, 11) is 0. The summed E-state index contributed by atoms with van der Waals surface area (Å²) < 4.78 is 13.4. The number of carbonyl (C=O) groups is 1. The van der Waals surface area contributed by atoms with E-state index in [-0.39, 0.29) is 5.69 Å². The average molecular weight is 266 g/mol. The summed E-state index contributed by atoms with van der Waals surface area (Å²) in [5, 5.41) is 22.2. The molecule has 0 aliphatic carbocycles. The monoisotopic (exact) mass is 266 g/mol. The van der Waals surface area contributed by atoms with Gasteiger partial charge < -0.3 is 10.4 Å². The third-order valence-electron chi connectivity index (χ3n) is 2.33. The Balaban J connectivity index is 3.03. The van der Waals surface area contributed by atoms with Crippen molar-refractivity contribution in [3.05, 3.63) is 33.6 Å². The number of carboxylic acid groups (broad SMARTS) is 1. The van der Waals surface area contributed by atoms with Gasteiger partial charge in [0.25, 0.3) is 5.69 Å². The lowest BCUT2D eigenvalue weighted by atomic mass is 10.1. The molecular weight excluding hydrogens is 255 g/mol. The molecule has 0 atom stereocenters. The highest BCUT2D eigenvalue weighted by atomic mass is 19.1. The number of aromatic carboxylic acids is 1. The fraction of sp³-hybridized carbons (Fsp3) is 0.250. The molecule has 0 fully saturated rings. The van der Waals surface area contributed by atoms with Crippen molar-refractivity contribution in [2.24, 2.45) is 0 Å². The van der Waals surface area contributed by atoms with E-state index >= 15 is 0 Å². The van der Waals surface area contributed by atoms with Crippen LogP contribution in [0.25, 0.3) is 0 Å². The van der Waals surface area contributed by atoms with Gasteiger partial charge in [-0.1, -0.05) is 0 Å². The van der Waals surface area contributed by atoms with Crippen LogP contribution >= 0.6 is 0 Å². The molecule has 0 aromatic heterocycles. The summed E-state index contributed by atoms with van der Waals surface area (Å²) in [6.45, 7) is 0.330. The molecule has 0 heterocycles. The second kappa shape index (κ2) is 6.35. The summed E-state index contributed by atoms with van der Waals surface area (Å²) in [5.41, 5.74) is -1.29. The maximum Gasteiger partial charge on any atom is 0.338 e. The molecule has 19 heavy (non-hydrogen) atoms. The number of terminal acetylenes is 1. The minimum Gasteiger partial charge on any atom is -0.478 e. The summed E-state index contributed by atoms with van der Waals surface area (Å²) in [5.74, 6) is -0.185. The molecular formula is C12H11FN2O4. The van der Waals surface area contributed by atoms with E-state index in [1.54, 1.807) is 0 Å². The number of nitro groups is 1. The molecule has 0 saturated heterocycles. The Kier molecular flexibility index (Phi) is 4.83. The van der Waals surface area contributed by atoms with Crippen LogP contribution in [0.3, 0.4) is 0 Å². The van der Waals surface area contributed by atoms with Crippen molar-refractivity contribution in [2.45, 2.75) is 12.8 Å². The highest BCUT2D eigenvalue weighted by Crippen LogP contribution is 2.27. The van der Waals surface area contributed by atoms with Gasteiger partial charge in [-0.2, -0.15) is 0 Å². The molecule has 0 radical (unpaired) electrons. The Labute approximate surface area is 108 Å². The molecule has 1 rings (SSSR count). The van der Waals surface area contributed by atoms with Crippen LogP contribution in [0.15, 0.2) is 12.1 Å². The molecule has 0 bridgehead atoms. The van der Waals surface area contributed by atoms with E-state index in [1.807, 2.05) is 0 Å². The molecule has 2 N–H and O–H groups in total. The quantitative estimate of drug-likeness (QED) is 0.356. The second-order valence-electron chi connectivity index (χ2n) is 3.65. The number of hydrogen-bond acceptors (Lipinski definition) is 4. The largest absolute Gasteiger partial charge is 0.478 e. The van der Waals surface area contributed by atoms with Crippen molar-refractivity contribution < 1.29 is 19.2 Å². The minimum absolute atomic E-state index is 0.0653. The van der Waals surface area contributed by atoms with E-state index in [1.165, 1.54) is 0 Å². The number of nitrogens with one attached hydrogen (secondary N) is 1. The van der Waals surface area contributed by atoms with Crippen molar-refractivity contribution in [1.82, 2.24) is 0 Å². The zero-order valence-corrected chi connectivity index (χ0v) is 9.85. The van der Waals surface area contributed by atoms with Crippen LogP contribution in [-0.2, 0) is 0 Å². The highest BCUT2D eigenvalue weighted by Gasteiger charge is 2.21. The first-order valence-electron chi connectivity index (χ1n) is 5.36. The number of benzene rings is 1. The van der Waals surface area contributed by atoms with Gasteiger partial charge in [-0.05, 0) is 6.42 Å². The third kappa shape index (κ3) is 3.67. The van der Waals surface area contributed by atoms with E-state index in [9.17, 15) is 19.3 Å². The van der Waals surface area contributed by atoms with E-state index in [0.29, 0.717) is 25.5 Å². The summed E-state index contributed by atoms with van der Waals surface area (Å²) in [6, 6.07) is 1.50. The van der Waals surface area contributed by atoms with Gasteiger partial charge in [0.1, 0.15) is 17.1 Å². The maximum atomic E-state index is 13.4. The Hall–Kier alpha value is -2.62. The lowest BCUT2D eigenvalue weighted by molar-refractivity contribution is -0.384. The van der Waals surface area contributed by atoms with E-state index < -0.39 is 28.0 Å². The lowest BCUT2D eigenvalue weighted by Gasteiger charge is -2.07. The topological polar surface area (TPSA) is 92.5 Å². The molecule has 0 spiro atoms. The Bertz CT molecular complexity index is 551. The smallest absolute Gasteiger partial charge is 0.338 e. The van der Waals surface area contributed by atoms with Gasteiger partial charge in [-0.25, -0.2) is 9.18 Å². The number of rotatable bonds is 6. The first-order chi connectivity index (χ1) is 8.97. The molecule has 1 aromatic carbocycles. The summed E-state index contributed by atoms with van der Waals surface area (Å²) in [4.78, 5) is 20.7. The number of carboxylic acids is 1. The lowest BCUT2D eigenvalue weighted by Crippen LogP contribution is -2.08. The predicted octanol–water partition coefficient (Wildman–Crippen LogP) is 2.26. The Morgan fingerprint density at radius 2 is 2.26 bits per heavy atom. The van der Waals surface area contributed by atoms with Gasteiger partial charge in [0.2, 0.25) is 0 Å². The van der Waals surface area contributed by atoms with Crippen molar-refractivity contribution in [3.63, 3.8) is 0 Å². The van der Waals surface area contributed by atoms with Crippen LogP contribution in [0.4, 0.5) is 15.8 Å². The van der Waals surface area contributed by atoms with Crippen LogP contribution in [0, 0.1) is 28.3 Å². The fourth-order valence-corrected chi connectivity index (χ4v) is 1.43. The SMILES string of the molecule is C#CCCCNc1cc(F)c(C(=O)O)cc1[N+](=O)[O-]. The third-order valence-corrected chi connectivity index (χ3v) is 2.33. The molecule has 0 amide bonds. The van der Waals surface area contributed by atoms with Gasteiger partial charge >= 0.3 is 5.97 Å². The zero-order valence-electron chi connectivity index (χ0n) is 9.85. The molecule has 7 heteroatoms. The predicted molar refractivity (Wildman–Crippen MR) is 66.6 cm³/mol. The van der Waals surface area contributed by atoms with Gasteiger partial charge in [-0.15, -0.1) is 12.3 Å². The first kappa shape index (κ1) is 14.4. The van der Waals surface area contributed by atoms with Gasteiger partial charge in [-0.3, -0.25) is 10.1 Å². The fourth-order valence-electron chi connectivity index (χ4n) is 1.43. The first-order valence-corrected chi connectivity index (χ1v) is 5.36. The van der Waals surface area contributed by atoms with Gasteiger partial charge in [0.05, 0.1) is 4.92 Å². The molecule has 1 aromatic rings. The maximum absolute atomic E-state index is 13.4. The normalized spacial score (nSPS) is 9.68. The number of hydrogen-bond donors (Lipinski definition) is 2. The number of nitrogens with zero attached hydrogens (tertiary/aromatic N) is 1. The Morgan fingerprint density at radius 1 is 1.58 bits per heavy atom. The second-order valence-corrected chi connectivity index (χ2v) is 3.65. The van der Waals surface area contributed by atoms with E-state index in [2.05, 4.69) is 11.2 Å².